The maximum atomic E-state index is 14.9. The van der Waals surface area contributed by atoms with E-state index in [1.54, 1.807) is 36.4 Å². The van der Waals surface area contributed by atoms with Crippen LogP contribution in [0.25, 0.3) is 22.0 Å². The van der Waals surface area contributed by atoms with E-state index in [4.69, 9.17) is 0 Å². The molecule has 0 aliphatic heterocycles. The number of rotatable bonds is 6. The van der Waals surface area contributed by atoms with Gasteiger partial charge in [-0.3, -0.25) is 0 Å². The summed E-state index contributed by atoms with van der Waals surface area (Å²) in [7, 11) is 0. The number of fused-ring (bicyclic) bond motifs is 1. The Morgan fingerprint density at radius 3 is 2.57 bits per heavy atom. The number of carboxylic acids is 1. The van der Waals surface area contributed by atoms with Crippen molar-refractivity contribution in [2.75, 3.05) is 0 Å². The summed E-state index contributed by atoms with van der Waals surface area (Å²) in [4.78, 5) is 14.1. The first-order valence-corrected chi connectivity index (χ1v) is 9.52. The molecule has 0 saturated carbocycles. The molecule has 0 fully saturated rings. The van der Waals surface area contributed by atoms with E-state index in [2.05, 4.69) is 10.3 Å². The lowest BCUT2D eigenvalue weighted by atomic mass is 9.99. The van der Waals surface area contributed by atoms with Crippen molar-refractivity contribution in [1.29, 1.82) is 0 Å². The van der Waals surface area contributed by atoms with E-state index in [9.17, 15) is 18.7 Å². The molecule has 3 N–H and O–H groups in total. The molecule has 4 nitrogen and oxygen atoms in total. The standard InChI is InChI=1S/C24H20F2N2O2/c1-14-5-8-20(25)16(9-14)13-27-12-15-6-7-18(21(26)10-15)17-3-2-4-22-19(17)11-23(28-22)24(29)30/h2-11,27-28H,12-13H2,1H3,(H,29,30). The minimum atomic E-state index is -1.07. The van der Waals surface area contributed by atoms with Crippen molar-refractivity contribution >= 4 is 16.9 Å². The van der Waals surface area contributed by atoms with E-state index in [1.807, 2.05) is 13.0 Å². The average molecular weight is 406 g/mol. The van der Waals surface area contributed by atoms with Crippen molar-refractivity contribution in [3.63, 3.8) is 0 Å². The third-order valence-corrected chi connectivity index (χ3v) is 5.06. The Labute approximate surface area is 172 Å². The summed E-state index contributed by atoms with van der Waals surface area (Å²) in [6.45, 7) is 2.64. The molecule has 4 aromatic rings. The summed E-state index contributed by atoms with van der Waals surface area (Å²) < 4.78 is 28.7. The Kier molecular flexibility index (Phi) is 5.33. The number of nitrogens with one attached hydrogen (secondary N) is 2. The SMILES string of the molecule is Cc1ccc(F)c(CNCc2ccc(-c3cccc4[nH]c(C(=O)O)cc34)c(F)c2)c1. The second kappa shape index (κ2) is 8.08. The van der Waals surface area contributed by atoms with E-state index >= 15 is 0 Å². The van der Waals surface area contributed by atoms with Crippen molar-refractivity contribution in [3.8, 4) is 11.1 Å². The Morgan fingerprint density at radius 1 is 0.967 bits per heavy atom. The Balaban J connectivity index is 1.54. The van der Waals surface area contributed by atoms with Crippen molar-refractivity contribution in [2.24, 2.45) is 0 Å². The molecular formula is C24H20F2N2O2. The molecule has 0 radical (unpaired) electrons. The smallest absolute Gasteiger partial charge is 0.352 e. The Hall–Kier alpha value is -3.51. The van der Waals surface area contributed by atoms with Gasteiger partial charge in [0.1, 0.15) is 17.3 Å². The molecule has 0 spiro atoms. The van der Waals surface area contributed by atoms with Gasteiger partial charge in [-0.15, -0.1) is 0 Å². The van der Waals surface area contributed by atoms with E-state index < -0.39 is 11.8 Å². The van der Waals surface area contributed by atoms with Crippen LogP contribution >= 0.6 is 0 Å². The number of aromatic nitrogens is 1. The molecule has 0 atom stereocenters. The Morgan fingerprint density at radius 2 is 1.80 bits per heavy atom. The van der Waals surface area contributed by atoms with Crippen molar-refractivity contribution in [3.05, 3.63) is 94.7 Å². The van der Waals surface area contributed by atoms with Crippen LogP contribution in [0.5, 0.6) is 0 Å². The predicted octanol–water partition coefficient (Wildman–Crippen LogP) is 5.41. The zero-order chi connectivity index (χ0) is 21.3. The lowest BCUT2D eigenvalue weighted by Gasteiger charge is -2.10. The third kappa shape index (κ3) is 3.95. The predicted molar refractivity (Wildman–Crippen MR) is 112 cm³/mol. The van der Waals surface area contributed by atoms with Crippen LogP contribution in [0.4, 0.5) is 8.78 Å². The molecule has 0 bridgehead atoms. The number of carbonyl (C=O) groups is 1. The monoisotopic (exact) mass is 406 g/mol. The molecule has 4 rings (SSSR count). The number of hydrogen-bond acceptors (Lipinski definition) is 2. The van der Waals surface area contributed by atoms with Gasteiger partial charge in [0.25, 0.3) is 0 Å². The second-order valence-electron chi connectivity index (χ2n) is 7.27. The first kappa shape index (κ1) is 19.8. The molecule has 1 heterocycles. The lowest BCUT2D eigenvalue weighted by Crippen LogP contribution is -2.14. The molecule has 0 amide bonds. The number of halogens is 2. The molecule has 6 heteroatoms. The van der Waals surface area contributed by atoms with Crippen LogP contribution in [0.1, 0.15) is 27.2 Å². The van der Waals surface area contributed by atoms with Gasteiger partial charge >= 0.3 is 5.97 Å². The molecule has 0 aliphatic rings. The van der Waals surface area contributed by atoms with Gasteiger partial charge in [0, 0.05) is 35.1 Å². The van der Waals surface area contributed by atoms with Crippen LogP contribution in [0, 0.1) is 18.6 Å². The molecule has 30 heavy (non-hydrogen) atoms. The summed E-state index contributed by atoms with van der Waals surface area (Å²) in [5, 5.41) is 13.0. The molecule has 0 aliphatic carbocycles. The van der Waals surface area contributed by atoms with Crippen LogP contribution < -0.4 is 5.32 Å². The molecule has 0 saturated heterocycles. The summed E-state index contributed by atoms with van der Waals surface area (Å²) in [5.74, 6) is -1.74. The van der Waals surface area contributed by atoms with Gasteiger partial charge in [-0.2, -0.15) is 0 Å². The zero-order valence-electron chi connectivity index (χ0n) is 16.3. The van der Waals surface area contributed by atoms with Gasteiger partial charge in [0.2, 0.25) is 0 Å². The minimum Gasteiger partial charge on any atom is -0.477 e. The Bertz CT molecular complexity index is 1250. The highest BCUT2D eigenvalue weighted by Crippen LogP contribution is 2.31. The van der Waals surface area contributed by atoms with E-state index in [0.29, 0.717) is 40.7 Å². The van der Waals surface area contributed by atoms with Gasteiger partial charge < -0.3 is 15.4 Å². The quantitative estimate of drug-likeness (QED) is 0.401. The second-order valence-corrected chi connectivity index (χ2v) is 7.27. The number of aromatic amines is 1. The summed E-state index contributed by atoms with van der Waals surface area (Å²) in [5.41, 5.74) is 3.99. The maximum Gasteiger partial charge on any atom is 0.352 e. The fourth-order valence-electron chi connectivity index (χ4n) is 3.57. The minimum absolute atomic E-state index is 0.0575. The highest BCUT2D eigenvalue weighted by atomic mass is 19.1. The van der Waals surface area contributed by atoms with Gasteiger partial charge in [-0.25, -0.2) is 13.6 Å². The number of carboxylic acid groups (broad SMARTS) is 1. The topological polar surface area (TPSA) is 65.1 Å². The van der Waals surface area contributed by atoms with Gasteiger partial charge in [-0.05, 0) is 42.3 Å². The maximum absolute atomic E-state index is 14.9. The first-order valence-electron chi connectivity index (χ1n) is 9.52. The fraction of sp³-hybridized carbons (Fsp3) is 0.125. The highest BCUT2D eigenvalue weighted by molar-refractivity contribution is 6.00. The van der Waals surface area contributed by atoms with Crippen LogP contribution in [0.3, 0.4) is 0 Å². The van der Waals surface area contributed by atoms with Crippen molar-refractivity contribution < 1.29 is 18.7 Å². The van der Waals surface area contributed by atoms with Gasteiger partial charge in [-0.1, -0.05) is 42.0 Å². The highest BCUT2D eigenvalue weighted by Gasteiger charge is 2.14. The molecule has 0 unspecified atom stereocenters. The first-order chi connectivity index (χ1) is 14.4. The largest absolute Gasteiger partial charge is 0.477 e. The third-order valence-electron chi connectivity index (χ3n) is 5.06. The molecule has 3 aromatic carbocycles. The van der Waals surface area contributed by atoms with Crippen LogP contribution in [-0.2, 0) is 13.1 Å². The molecule has 1 aromatic heterocycles. The number of H-pyrrole nitrogens is 1. The van der Waals surface area contributed by atoms with Crippen molar-refractivity contribution in [1.82, 2.24) is 10.3 Å². The average Bonchev–Trinajstić information content (AvgIpc) is 3.16. The van der Waals surface area contributed by atoms with E-state index in [0.717, 1.165) is 11.1 Å². The van der Waals surface area contributed by atoms with E-state index in [-0.39, 0.29) is 11.5 Å². The zero-order valence-corrected chi connectivity index (χ0v) is 16.3. The number of hydrogen-bond donors (Lipinski definition) is 3. The fourth-order valence-corrected chi connectivity index (χ4v) is 3.57. The van der Waals surface area contributed by atoms with Gasteiger partial charge in [0.15, 0.2) is 0 Å². The summed E-state index contributed by atoms with van der Waals surface area (Å²) >= 11 is 0. The normalized spacial score (nSPS) is 11.2. The number of aromatic carboxylic acids is 1. The molecule has 152 valence electrons. The molecular weight excluding hydrogens is 386 g/mol. The summed E-state index contributed by atoms with van der Waals surface area (Å²) in [6.07, 6.45) is 0. The lowest BCUT2D eigenvalue weighted by molar-refractivity contribution is 0.0691. The van der Waals surface area contributed by atoms with Crippen molar-refractivity contribution in [2.45, 2.75) is 20.0 Å². The van der Waals surface area contributed by atoms with Gasteiger partial charge in [0.05, 0.1) is 0 Å². The number of aryl methyl sites for hydroxylation is 1. The van der Waals surface area contributed by atoms with Crippen LogP contribution in [-0.4, -0.2) is 16.1 Å². The van der Waals surface area contributed by atoms with Crippen LogP contribution in [0.2, 0.25) is 0 Å². The van der Waals surface area contributed by atoms with Crippen LogP contribution in [0.15, 0.2) is 60.7 Å². The summed E-state index contributed by atoms with van der Waals surface area (Å²) in [6, 6.07) is 16.7. The van der Waals surface area contributed by atoms with E-state index in [1.165, 1.54) is 18.2 Å². The number of benzene rings is 3.